The lowest BCUT2D eigenvalue weighted by Gasteiger charge is -2.47. The molecule has 2 fully saturated rings. The van der Waals surface area contributed by atoms with E-state index in [1.807, 2.05) is 0 Å². The fraction of sp³-hybridized carbons (Fsp3) is 0.250. The van der Waals surface area contributed by atoms with Crippen LogP contribution in [-0.4, -0.2) is 39.4 Å². The highest BCUT2D eigenvalue weighted by molar-refractivity contribution is 7.89. The van der Waals surface area contributed by atoms with E-state index in [4.69, 9.17) is 9.47 Å². The molecule has 1 aliphatic carbocycles. The van der Waals surface area contributed by atoms with Gasteiger partial charge in [0.05, 0.1) is 18.6 Å². The summed E-state index contributed by atoms with van der Waals surface area (Å²) in [5, 5.41) is 2.30. The van der Waals surface area contributed by atoms with Gasteiger partial charge in [0.15, 0.2) is 5.75 Å². The van der Waals surface area contributed by atoms with Gasteiger partial charge in [-0.2, -0.15) is 0 Å². The molecule has 3 aliphatic rings. The van der Waals surface area contributed by atoms with E-state index >= 15 is 0 Å². The first-order chi connectivity index (χ1) is 14.3. The first kappa shape index (κ1) is 18.8. The third kappa shape index (κ3) is 2.31. The summed E-state index contributed by atoms with van der Waals surface area (Å²) in [6, 6.07) is 10.1. The number of sulfonamides is 1. The van der Waals surface area contributed by atoms with Gasteiger partial charge in [0.1, 0.15) is 16.1 Å². The quantitative estimate of drug-likeness (QED) is 0.548. The summed E-state index contributed by atoms with van der Waals surface area (Å²) in [6.07, 6.45) is 0.160. The van der Waals surface area contributed by atoms with Gasteiger partial charge < -0.3 is 9.47 Å². The molecule has 1 saturated heterocycles. The number of esters is 1. The minimum atomic E-state index is -4.16. The van der Waals surface area contributed by atoms with Crippen LogP contribution >= 0.6 is 0 Å². The van der Waals surface area contributed by atoms with Crippen molar-refractivity contribution in [1.82, 2.24) is 10.0 Å². The highest BCUT2D eigenvalue weighted by atomic mass is 32.2. The summed E-state index contributed by atoms with van der Waals surface area (Å²) >= 11 is 0. The van der Waals surface area contributed by atoms with Crippen LogP contribution in [0.4, 0.5) is 0 Å². The van der Waals surface area contributed by atoms with Crippen LogP contribution in [0.5, 0.6) is 11.5 Å². The largest absolute Gasteiger partial charge is 0.465 e. The van der Waals surface area contributed by atoms with Crippen LogP contribution < -0.4 is 14.8 Å². The maximum atomic E-state index is 13.1. The normalized spacial score (nSPS) is 27.8. The Morgan fingerprint density at radius 1 is 1.17 bits per heavy atom. The molecular weight excluding hydrogens is 412 g/mol. The van der Waals surface area contributed by atoms with Gasteiger partial charge >= 0.3 is 5.97 Å². The Hall–Kier alpha value is -3.24. The number of amides is 2. The number of hydrogen-bond donors (Lipinski definition) is 2. The van der Waals surface area contributed by atoms with E-state index in [1.165, 1.54) is 13.2 Å². The van der Waals surface area contributed by atoms with Crippen LogP contribution in [0.2, 0.25) is 0 Å². The van der Waals surface area contributed by atoms with E-state index < -0.39 is 45.2 Å². The Balaban J connectivity index is 1.84. The van der Waals surface area contributed by atoms with E-state index in [0.717, 1.165) is 6.07 Å². The predicted octanol–water partition coefficient (Wildman–Crippen LogP) is 0.840. The molecule has 2 amide bonds. The summed E-state index contributed by atoms with van der Waals surface area (Å²) in [7, 11) is -2.99. The van der Waals surface area contributed by atoms with Crippen LogP contribution in [0.3, 0.4) is 0 Å². The Kier molecular flexibility index (Phi) is 3.83. The summed E-state index contributed by atoms with van der Waals surface area (Å²) < 4.78 is 39.5. The summed E-state index contributed by atoms with van der Waals surface area (Å²) in [4.78, 5) is 37.3. The third-order valence-electron chi connectivity index (χ3n) is 5.97. The zero-order valence-electron chi connectivity index (χ0n) is 15.7. The van der Waals surface area contributed by atoms with E-state index in [9.17, 15) is 22.8 Å². The molecule has 154 valence electrons. The lowest BCUT2D eigenvalue weighted by molar-refractivity contribution is -0.129. The first-order valence-corrected chi connectivity index (χ1v) is 10.6. The summed E-state index contributed by atoms with van der Waals surface area (Å²) in [5.74, 6) is -2.38. The molecule has 2 aliphatic heterocycles. The number of fused-ring (bicyclic) bond motifs is 2. The summed E-state index contributed by atoms with van der Waals surface area (Å²) in [5.41, 5.74) is -1.38. The molecule has 2 aromatic rings. The number of para-hydroxylation sites is 1. The molecule has 1 spiro atoms. The van der Waals surface area contributed by atoms with Gasteiger partial charge in [0, 0.05) is 11.6 Å². The molecule has 0 radical (unpaired) electrons. The predicted molar refractivity (Wildman–Crippen MR) is 101 cm³/mol. The molecule has 3 unspecified atom stereocenters. The standard InChI is InChI=1S/C20H16N2O7S/c1-28-18(24)10-7-12-16(29-11-5-3-2-4-6-11)14(8-10)30(26,27)22-15-9-13-17(23)21-19(25)20(12,13)15/h2-8,13,15,22H,9H2,1H3,(H,21,23,25). The minimum absolute atomic E-state index is 0.0545. The number of methoxy groups -OCH3 is 1. The number of rotatable bonds is 3. The van der Waals surface area contributed by atoms with Crippen molar-refractivity contribution in [3.05, 3.63) is 53.6 Å². The van der Waals surface area contributed by atoms with E-state index in [0.29, 0.717) is 5.75 Å². The monoisotopic (exact) mass is 428 g/mol. The smallest absolute Gasteiger partial charge is 0.337 e. The van der Waals surface area contributed by atoms with Gasteiger partial charge in [0.25, 0.3) is 0 Å². The maximum Gasteiger partial charge on any atom is 0.337 e. The lowest BCUT2D eigenvalue weighted by atomic mass is 9.54. The van der Waals surface area contributed by atoms with Gasteiger partial charge in [0.2, 0.25) is 21.8 Å². The maximum absolute atomic E-state index is 13.1. The van der Waals surface area contributed by atoms with Gasteiger partial charge in [-0.3, -0.25) is 14.9 Å². The van der Waals surface area contributed by atoms with Crippen molar-refractivity contribution in [2.75, 3.05) is 7.11 Å². The van der Waals surface area contributed by atoms with Crippen molar-refractivity contribution in [3.63, 3.8) is 0 Å². The average Bonchev–Trinajstić information content (AvgIpc) is 2.89. The van der Waals surface area contributed by atoms with Gasteiger partial charge in [-0.15, -0.1) is 0 Å². The molecule has 2 N–H and O–H groups in total. The zero-order chi connectivity index (χ0) is 21.3. The summed E-state index contributed by atoms with van der Waals surface area (Å²) in [6.45, 7) is 0. The molecule has 2 bridgehead atoms. The van der Waals surface area contributed by atoms with Crippen LogP contribution in [0, 0.1) is 5.92 Å². The number of benzene rings is 2. The molecule has 1 saturated carbocycles. The Bertz CT molecular complexity index is 1230. The van der Waals surface area contributed by atoms with Gasteiger partial charge in [-0.1, -0.05) is 18.2 Å². The topological polar surface area (TPSA) is 128 Å². The molecule has 2 heterocycles. The molecule has 2 aromatic carbocycles. The highest BCUT2D eigenvalue weighted by Crippen LogP contribution is 2.58. The van der Waals surface area contributed by atoms with Crippen molar-refractivity contribution < 1.29 is 32.3 Å². The van der Waals surface area contributed by atoms with Crippen molar-refractivity contribution in [3.8, 4) is 11.5 Å². The molecule has 10 heteroatoms. The minimum Gasteiger partial charge on any atom is -0.465 e. The van der Waals surface area contributed by atoms with Crippen molar-refractivity contribution >= 4 is 27.8 Å². The van der Waals surface area contributed by atoms with Crippen molar-refractivity contribution in [1.29, 1.82) is 0 Å². The number of ether oxygens (including phenoxy) is 2. The molecular formula is C20H16N2O7S. The second-order valence-corrected chi connectivity index (χ2v) is 9.09. The van der Waals surface area contributed by atoms with E-state index in [1.54, 1.807) is 30.3 Å². The van der Waals surface area contributed by atoms with Crippen LogP contribution in [0.15, 0.2) is 47.4 Å². The Labute approximate surface area is 171 Å². The number of carbonyl (C=O) groups is 3. The van der Waals surface area contributed by atoms with Crippen molar-refractivity contribution in [2.45, 2.75) is 22.8 Å². The first-order valence-electron chi connectivity index (χ1n) is 9.16. The average molecular weight is 428 g/mol. The second kappa shape index (κ2) is 6.13. The number of nitrogens with one attached hydrogen (secondary N) is 2. The van der Waals surface area contributed by atoms with Crippen LogP contribution in [0.25, 0.3) is 0 Å². The fourth-order valence-corrected chi connectivity index (χ4v) is 6.03. The third-order valence-corrected chi connectivity index (χ3v) is 7.45. The van der Waals surface area contributed by atoms with Crippen LogP contribution in [-0.2, 0) is 29.8 Å². The Morgan fingerprint density at radius 2 is 1.90 bits per heavy atom. The fourth-order valence-electron chi connectivity index (χ4n) is 4.57. The SMILES string of the molecule is COC(=O)c1cc2c(Oc3ccccc3)c(c1)S(=O)(=O)NC1CC3C(=O)NC(=O)C213. The Morgan fingerprint density at radius 3 is 2.57 bits per heavy atom. The van der Waals surface area contributed by atoms with Gasteiger partial charge in [-0.25, -0.2) is 17.9 Å². The second-order valence-electron chi connectivity index (χ2n) is 7.41. The van der Waals surface area contributed by atoms with Crippen molar-refractivity contribution in [2.24, 2.45) is 5.92 Å². The zero-order valence-corrected chi connectivity index (χ0v) is 16.5. The lowest BCUT2D eigenvalue weighted by Crippen LogP contribution is -2.65. The highest BCUT2D eigenvalue weighted by Gasteiger charge is 2.71. The molecule has 0 aromatic heterocycles. The number of imide groups is 1. The number of hydrogen-bond acceptors (Lipinski definition) is 7. The van der Waals surface area contributed by atoms with E-state index in [-0.39, 0.29) is 28.2 Å². The molecule has 3 atom stereocenters. The number of carbonyl (C=O) groups excluding carboxylic acids is 3. The van der Waals surface area contributed by atoms with Crippen LogP contribution in [0.1, 0.15) is 22.3 Å². The molecule has 30 heavy (non-hydrogen) atoms. The van der Waals surface area contributed by atoms with Gasteiger partial charge in [-0.05, 0) is 30.7 Å². The molecule has 9 nitrogen and oxygen atoms in total. The molecule has 5 rings (SSSR count). The van der Waals surface area contributed by atoms with E-state index in [2.05, 4.69) is 10.0 Å².